The number of furan rings is 1. The average molecular weight is 272 g/mol. The molecule has 1 saturated heterocycles. The molecule has 1 aromatic heterocycles. The highest BCUT2D eigenvalue weighted by atomic mass is 79.9. The van der Waals surface area contributed by atoms with Crippen LogP contribution in [0.2, 0.25) is 0 Å². The van der Waals surface area contributed by atoms with Gasteiger partial charge in [-0.05, 0) is 27.8 Å². The summed E-state index contributed by atoms with van der Waals surface area (Å²) < 4.78 is 5.67. The number of nitrogens with zero attached hydrogens (tertiary/aromatic N) is 1. The van der Waals surface area contributed by atoms with E-state index in [9.17, 15) is 4.79 Å². The predicted molar refractivity (Wildman–Crippen MR) is 60.6 cm³/mol. The highest BCUT2D eigenvalue weighted by Crippen LogP contribution is 2.24. The van der Waals surface area contributed by atoms with Crippen molar-refractivity contribution in [1.82, 2.24) is 4.90 Å². The van der Waals surface area contributed by atoms with E-state index in [0.717, 1.165) is 13.1 Å². The highest BCUT2D eigenvalue weighted by molar-refractivity contribution is 9.10. The standard InChI is InChI=1S/C11H14BrNO2/c1-7-4-13(5-8(7)2)11(14)9-3-10(12)15-6-9/h3,6-8H,4-5H2,1-2H3. The van der Waals surface area contributed by atoms with Crippen LogP contribution in [0.15, 0.2) is 21.4 Å². The van der Waals surface area contributed by atoms with Crippen molar-refractivity contribution in [2.75, 3.05) is 13.1 Å². The summed E-state index contributed by atoms with van der Waals surface area (Å²) in [7, 11) is 0. The minimum Gasteiger partial charge on any atom is -0.457 e. The molecule has 2 unspecified atom stereocenters. The van der Waals surface area contributed by atoms with Gasteiger partial charge in [-0.1, -0.05) is 13.8 Å². The molecule has 0 bridgehead atoms. The first-order valence-electron chi connectivity index (χ1n) is 5.11. The summed E-state index contributed by atoms with van der Waals surface area (Å²) in [6.07, 6.45) is 1.50. The third kappa shape index (κ3) is 2.09. The van der Waals surface area contributed by atoms with E-state index in [0.29, 0.717) is 22.1 Å². The molecule has 3 nitrogen and oxygen atoms in total. The Morgan fingerprint density at radius 1 is 1.47 bits per heavy atom. The Balaban J connectivity index is 2.10. The zero-order valence-electron chi connectivity index (χ0n) is 8.87. The Hall–Kier alpha value is -0.770. The Kier molecular flexibility index (Phi) is 2.87. The summed E-state index contributed by atoms with van der Waals surface area (Å²) in [5.41, 5.74) is 0.628. The molecule has 0 radical (unpaired) electrons. The largest absolute Gasteiger partial charge is 0.457 e. The summed E-state index contributed by atoms with van der Waals surface area (Å²) in [6.45, 7) is 6.07. The first-order chi connectivity index (χ1) is 7.08. The molecule has 1 aliphatic rings. The van der Waals surface area contributed by atoms with Crippen LogP contribution in [0.3, 0.4) is 0 Å². The van der Waals surface area contributed by atoms with Gasteiger partial charge in [-0.2, -0.15) is 0 Å². The van der Waals surface area contributed by atoms with Gasteiger partial charge in [-0.15, -0.1) is 0 Å². The molecule has 1 aliphatic heterocycles. The van der Waals surface area contributed by atoms with Crippen molar-refractivity contribution < 1.29 is 9.21 Å². The second-order valence-electron chi connectivity index (χ2n) is 4.30. The highest BCUT2D eigenvalue weighted by Gasteiger charge is 2.30. The summed E-state index contributed by atoms with van der Waals surface area (Å²) in [5.74, 6) is 1.24. The van der Waals surface area contributed by atoms with E-state index in [1.54, 1.807) is 6.07 Å². The minimum absolute atomic E-state index is 0.0700. The van der Waals surface area contributed by atoms with Crippen molar-refractivity contribution in [3.8, 4) is 0 Å². The van der Waals surface area contributed by atoms with Crippen LogP contribution >= 0.6 is 15.9 Å². The van der Waals surface area contributed by atoms with Crippen molar-refractivity contribution in [3.05, 3.63) is 22.6 Å². The molecule has 2 atom stereocenters. The normalized spacial score (nSPS) is 25.9. The Labute approximate surface area is 97.6 Å². The molecule has 0 aromatic carbocycles. The van der Waals surface area contributed by atoms with Crippen LogP contribution < -0.4 is 0 Å². The fraction of sp³-hybridized carbons (Fsp3) is 0.545. The number of rotatable bonds is 1. The molecule has 1 aromatic rings. The average Bonchev–Trinajstić information content (AvgIpc) is 2.74. The number of hydrogen-bond donors (Lipinski definition) is 0. The molecule has 2 rings (SSSR count). The molecule has 4 heteroatoms. The molecule has 1 fully saturated rings. The van der Waals surface area contributed by atoms with Crippen molar-refractivity contribution in [2.45, 2.75) is 13.8 Å². The van der Waals surface area contributed by atoms with Gasteiger partial charge in [0.1, 0.15) is 6.26 Å². The number of likely N-dealkylation sites (tertiary alicyclic amines) is 1. The maximum atomic E-state index is 12.0. The zero-order chi connectivity index (χ0) is 11.0. The van der Waals surface area contributed by atoms with E-state index in [-0.39, 0.29) is 5.91 Å². The lowest BCUT2D eigenvalue weighted by Crippen LogP contribution is -2.28. The quantitative estimate of drug-likeness (QED) is 0.787. The van der Waals surface area contributed by atoms with E-state index in [4.69, 9.17) is 4.42 Å². The topological polar surface area (TPSA) is 33.5 Å². The maximum Gasteiger partial charge on any atom is 0.257 e. The second kappa shape index (κ2) is 4.00. The van der Waals surface area contributed by atoms with E-state index >= 15 is 0 Å². The molecule has 0 aliphatic carbocycles. The summed E-state index contributed by atoms with van der Waals surface area (Å²) >= 11 is 3.20. The van der Waals surface area contributed by atoms with Gasteiger partial charge in [-0.3, -0.25) is 4.79 Å². The van der Waals surface area contributed by atoms with E-state index in [2.05, 4.69) is 29.8 Å². The van der Waals surface area contributed by atoms with Crippen LogP contribution in [0.4, 0.5) is 0 Å². The predicted octanol–water partition coefficient (Wildman–Crippen LogP) is 2.77. The van der Waals surface area contributed by atoms with E-state index in [1.165, 1.54) is 6.26 Å². The Bertz CT molecular complexity index is 364. The maximum absolute atomic E-state index is 12.0. The van der Waals surface area contributed by atoms with E-state index < -0.39 is 0 Å². The molecule has 0 N–H and O–H groups in total. The van der Waals surface area contributed by atoms with Crippen LogP contribution in [0.25, 0.3) is 0 Å². The van der Waals surface area contributed by atoms with Gasteiger partial charge < -0.3 is 9.32 Å². The molecular formula is C11H14BrNO2. The van der Waals surface area contributed by atoms with Crippen molar-refractivity contribution in [2.24, 2.45) is 11.8 Å². The van der Waals surface area contributed by atoms with Gasteiger partial charge in [0.15, 0.2) is 4.67 Å². The minimum atomic E-state index is 0.0700. The van der Waals surface area contributed by atoms with Crippen LogP contribution in [0.5, 0.6) is 0 Å². The molecule has 1 amide bonds. The Morgan fingerprint density at radius 2 is 2.07 bits per heavy atom. The number of carbonyl (C=O) groups is 1. The lowest BCUT2D eigenvalue weighted by atomic mass is 10.0. The molecule has 15 heavy (non-hydrogen) atoms. The fourth-order valence-corrected chi connectivity index (χ4v) is 2.24. The van der Waals surface area contributed by atoms with Crippen LogP contribution in [0.1, 0.15) is 24.2 Å². The van der Waals surface area contributed by atoms with Crippen molar-refractivity contribution in [3.63, 3.8) is 0 Å². The molecular weight excluding hydrogens is 258 g/mol. The SMILES string of the molecule is CC1CN(C(=O)c2coc(Br)c2)CC1C. The first kappa shape index (κ1) is 10.7. The first-order valence-corrected chi connectivity index (χ1v) is 5.90. The van der Waals surface area contributed by atoms with Gasteiger partial charge in [0.05, 0.1) is 5.56 Å². The van der Waals surface area contributed by atoms with Gasteiger partial charge in [0.25, 0.3) is 5.91 Å². The smallest absolute Gasteiger partial charge is 0.257 e. The van der Waals surface area contributed by atoms with Crippen LogP contribution in [-0.4, -0.2) is 23.9 Å². The number of hydrogen-bond acceptors (Lipinski definition) is 2. The van der Waals surface area contributed by atoms with Gasteiger partial charge in [0, 0.05) is 19.2 Å². The monoisotopic (exact) mass is 271 g/mol. The van der Waals surface area contributed by atoms with Crippen LogP contribution in [0, 0.1) is 11.8 Å². The third-order valence-corrected chi connectivity index (χ3v) is 3.51. The zero-order valence-corrected chi connectivity index (χ0v) is 10.5. The lowest BCUT2D eigenvalue weighted by molar-refractivity contribution is 0.0784. The van der Waals surface area contributed by atoms with Gasteiger partial charge >= 0.3 is 0 Å². The lowest BCUT2D eigenvalue weighted by Gasteiger charge is -2.14. The third-order valence-electron chi connectivity index (χ3n) is 3.09. The molecule has 0 spiro atoms. The van der Waals surface area contributed by atoms with Gasteiger partial charge in [0.2, 0.25) is 0 Å². The van der Waals surface area contributed by atoms with Crippen LogP contribution in [-0.2, 0) is 0 Å². The van der Waals surface area contributed by atoms with Gasteiger partial charge in [-0.25, -0.2) is 0 Å². The van der Waals surface area contributed by atoms with E-state index in [1.807, 2.05) is 4.90 Å². The number of halogens is 1. The van der Waals surface area contributed by atoms with Crippen molar-refractivity contribution in [1.29, 1.82) is 0 Å². The second-order valence-corrected chi connectivity index (χ2v) is 5.09. The number of carbonyl (C=O) groups excluding carboxylic acids is 1. The summed E-state index contributed by atoms with van der Waals surface area (Å²) in [5, 5.41) is 0. The molecule has 2 heterocycles. The summed E-state index contributed by atoms with van der Waals surface area (Å²) in [4.78, 5) is 13.9. The Morgan fingerprint density at radius 3 is 2.53 bits per heavy atom. The fourth-order valence-electron chi connectivity index (χ4n) is 1.90. The molecule has 0 saturated carbocycles. The summed E-state index contributed by atoms with van der Waals surface area (Å²) in [6, 6.07) is 1.72. The van der Waals surface area contributed by atoms with Crippen molar-refractivity contribution >= 4 is 21.8 Å². The number of amides is 1. The molecule has 82 valence electrons.